The van der Waals surface area contributed by atoms with Crippen molar-refractivity contribution in [3.63, 3.8) is 0 Å². The first-order valence-electron chi connectivity index (χ1n) is 7.79. The second-order valence-electron chi connectivity index (χ2n) is 6.78. The van der Waals surface area contributed by atoms with E-state index in [4.69, 9.17) is 4.84 Å². The highest BCUT2D eigenvalue weighted by atomic mass is 19.1. The molecule has 1 aromatic rings. The van der Waals surface area contributed by atoms with Crippen molar-refractivity contribution in [3.8, 4) is 0 Å². The molecule has 4 nitrogen and oxygen atoms in total. The van der Waals surface area contributed by atoms with E-state index >= 15 is 0 Å². The fraction of sp³-hybridized carbons (Fsp3) is 0.588. The smallest absolute Gasteiger partial charge is 0.330 e. The number of halogens is 1. The van der Waals surface area contributed by atoms with Gasteiger partial charge in [-0.25, -0.2) is 9.18 Å². The summed E-state index contributed by atoms with van der Waals surface area (Å²) in [5.74, 6) is -0.384. The molecule has 1 aliphatic rings. The minimum Gasteiger partial charge on any atom is -0.367 e. The minimum atomic E-state index is -0.473. The van der Waals surface area contributed by atoms with E-state index in [-0.39, 0.29) is 11.8 Å². The van der Waals surface area contributed by atoms with E-state index in [1.165, 1.54) is 12.1 Å². The molecule has 0 N–H and O–H groups in total. The van der Waals surface area contributed by atoms with Crippen molar-refractivity contribution in [1.29, 1.82) is 0 Å². The Labute approximate surface area is 131 Å². The van der Waals surface area contributed by atoms with Gasteiger partial charge in [-0.15, -0.1) is 5.06 Å². The highest BCUT2D eigenvalue weighted by Gasteiger charge is 2.27. The van der Waals surface area contributed by atoms with Crippen molar-refractivity contribution >= 4 is 5.97 Å². The summed E-state index contributed by atoms with van der Waals surface area (Å²) in [6.07, 6.45) is 0.905. The lowest BCUT2D eigenvalue weighted by Gasteiger charge is -2.34. The number of hydrogen-bond donors (Lipinski definition) is 0. The summed E-state index contributed by atoms with van der Waals surface area (Å²) < 4.78 is 12.9. The first kappa shape index (κ1) is 16.9. The molecule has 1 fully saturated rings. The number of hydroxylamine groups is 2. The third-order valence-electron chi connectivity index (χ3n) is 3.79. The van der Waals surface area contributed by atoms with Crippen LogP contribution in [0.5, 0.6) is 0 Å². The SMILES string of the molecule is CC(C)(C)C(=O)ON1CCN(CCc2ccc(F)cc2)CC1. The minimum absolute atomic E-state index is 0.188. The van der Waals surface area contributed by atoms with Gasteiger partial charge in [-0.3, -0.25) is 0 Å². The largest absolute Gasteiger partial charge is 0.367 e. The van der Waals surface area contributed by atoms with Gasteiger partial charge in [0.2, 0.25) is 0 Å². The zero-order chi connectivity index (χ0) is 16.2. The Morgan fingerprint density at radius 1 is 1.14 bits per heavy atom. The van der Waals surface area contributed by atoms with E-state index in [1.54, 1.807) is 5.06 Å². The van der Waals surface area contributed by atoms with Gasteiger partial charge in [0.15, 0.2) is 0 Å². The second-order valence-corrected chi connectivity index (χ2v) is 6.78. The number of carbonyl (C=O) groups excluding carboxylic acids is 1. The van der Waals surface area contributed by atoms with Crippen LogP contribution < -0.4 is 0 Å². The molecule has 0 amide bonds. The predicted octanol–water partition coefficient (Wildman–Crippen LogP) is 2.49. The number of rotatable bonds is 4. The lowest BCUT2D eigenvalue weighted by Crippen LogP contribution is -2.48. The number of nitrogens with zero attached hydrogens (tertiary/aromatic N) is 2. The quantitative estimate of drug-likeness (QED) is 0.855. The molecule has 0 aliphatic carbocycles. The normalized spacial score (nSPS) is 17.5. The maximum absolute atomic E-state index is 12.9. The van der Waals surface area contributed by atoms with E-state index < -0.39 is 5.41 Å². The maximum atomic E-state index is 12.9. The molecular formula is C17H25FN2O2. The zero-order valence-corrected chi connectivity index (χ0v) is 13.6. The van der Waals surface area contributed by atoms with Crippen LogP contribution in [0.1, 0.15) is 26.3 Å². The van der Waals surface area contributed by atoms with E-state index in [1.807, 2.05) is 32.9 Å². The Balaban J connectivity index is 1.71. The summed E-state index contributed by atoms with van der Waals surface area (Å²) in [6, 6.07) is 6.66. The van der Waals surface area contributed by atoms with Crippen molar-refractivity contribution in [2.75, 3.05) is 32.7 Å². The molecule has 1 heterocycles. The van der Waals surface area contributed by atoms with Crippen LogP contribution in [0.25, 0.3) is 0 Å². The molecule has 0 unspecified atom stereocenters. The van der Waals surface area contributed by atoms with Gasteiger partial charge in [-0.05, 0) is 44.9 Å². The summed E-state index contributed by atoms with van der Waals surface area (Å²) in [7, 11) is 0. The Kier molecular flexibility index (Phi) is 5.53. The average Bonchev–Trinajstić information content (AvgIpc) is 2.47. The van der Waals surface area contributed by atoms with Crippen molar-refractivity contribution in [2.24, 2.45) is 5.41 Å². The first-order chi connectivity index (χ1) is 10.3. The van der Waals surface area contributed by atoms with Gasteiger partial charge < -0.3 is 9.74 Å². The van der Waals surface area contributed by atoms with Crippen LogP contribution in [0.15, 0.2) is 24.3 Å². The number of benzene rings is 1. The van der Waals surface area contributed by atoms with Crippen LogP contribution in [0.3, 0.4) is 0 Å². The van der Waals surface area contributed by atoms with Crippen molar-refractivity contribution in [3.05, 3.63) is 35.6 Å². The van der Waals surface area contributed by atoms with Gasteiger partial charge in [0.05, 0.1) is 5.41 Å². The molecule has 0 radical (unpaired) electrons. The Bertz CT molecular complexity index is 488. The molecular weight excluding hydrogens is 283 g/mol. The molecule has 0 spiro atoms. The third-order valence-corrected chi connectivity index (χ3v) is 3.79. The molecule has 0 aromatic heterocycles. The molecule has 1 aromatic carbocycles. The van der Waals surface area contributed by atoms with Gasteiger partial charge in [0.1, 0.15) is 5.82 Å². The van der Waals surface area contributed by atoms with Crippen molar-refractivity contribution in [1.82, 2.24) is 9.96 Å². The average molecular weight is 308 g/mol. The van der Waals surface area contributed by atoms with Gasteiger partial charge in [0.25, 0.3) is 0 Å². The van der Waals surface area contributed by atoms with Crippen LogP contribution in [0.4, 0.5) is 4.39 Å². The molecule has 1 saturated heterocycles. The number of piperazine rings is 1. The standard InChI is InChI=1S/C17H25FN2O2/c1-17(2,3)16(21)22-20-12-10-19(11-13-20)9-8-14-4-6-15(18)7-5-14/h4-7H,8-13H2,1-3H3. The molecule has 0 bridgehead atoms. The number of hydrogen-bond acceptors (Lipinski definition) is 4. The van der Waals surface area contributed by atoms with E-state index in [9.17, 15) is 9.18 Å². The Morgan fingerprint density at radius 3 is 2.27 bits per heavy atom. The fourth-order valence-corrected chi connectivity index (χ4v) is 2.24. The third kappa shape index (κ3) is 5.07. The van der Waals surface area contributed by atoms with Gasteiger partial charge in [-0.2, -0.15) is 0 Å². The van der Waals surface area contributed by atoms with Crippen LogP contribution in [0, 0.1) is 11.2 Å². The molecule has 22 heavy (non-hydrogen) atoms. The Morgan fingerprint density at radius 2 is 1.73 bits per heavy atom. The molecule has 122 valence electrons. The van der Waals surface area contributed by atoms with E-state index in [0.717, 1.165) is 44.7 Å². The highest BCUT2D eigenvalue weighted by molar-refractivity contribution is 5.75. The summed E-state index contributed by atoms with van der Waals surface area (Å²) in [4.78, 5) is 19.6. The summed E-state index contributed by atoms with van der Waals surface area (Å²) in [5, 5.41) is 1.75. The van der Waals surface area contributed by atoms with E-state index in [0.29, 0.717) is 0 Å². The predicted molar refractivity (Wildman–Crippen MR) is 83.7 cm³/mol. The lowest BCUT2D eigenvalue weighted by molar-refractivity contribution is -0.206. The molecule has 1 aliphatic heterocycles. The molecule has 2 rings (SSSR count). The fourth-order valence-electron chi connectivity index (χ4n) is 2.24. The van der Waals surface area contributed by atoms with Crippen LogP contribution >= 0.6 is 0 Å². The molecule has 0 atom stereocenters. The molecule has 5 heteroatoms. The van der Waals surface area contributed by atoms with Crippen LogP contribution in [-0.2, 0) is 16.1 Å². The first-order valence-corrected chi connectivity index (χ1v) is 7.79. The van der Waals surface area contributed by atoms with Crippen molar-refractivity contribution in [2.45, 2.75) is 27.2 Å². The number of carbonyl (C=O) groups is 1. The lowest BCUT2D eigenvalue weighted by atomic mass is 9.98. The van der Waals surface area contributed by atoms with Gasteiger partial charge >= 0.3 is 5.97 Å². The topological polar surface area (TPSA) is 32.8 Å². The van der Waals surface area contributed by atoms with Crippen LogP contribution in [0.2, 0.25) is 0 Å². The summed E-state index contributed by atoms with van der Waals surface area (Å²) in [5.41, 5.74) is 0.669. The maximum Gasteiger partial charge on any atom is 0.330 e. The van der Waals surface area contributed by atoms with Crippen molar-refractivity contribution < 1.29 is 14.0 Å². The van der Waals surface area contributed by atoms with Gasteiger partial charge in [0, 0.05) is 32.7 Å². The van der Waals surface area contributed by atoms with Crippen LogP contribution in [-0.4, -0.2) is 48.7 Å². The summed E-state index contributed by atoms with van der Waals surface area (Å²) in [6.45, 7) is 9.71. The zero-order valence-electron chi connectivity index (χ0n) is 13.6. The monoisotopic (exact) mass is 308 g/mol. The summed E-state index contributed by atoms with van der Waals surface area (Å²) >= 11 is 0. The highest BCUT2D eigenvalue weighted by Crippen LogP contribution is 2.17. The Hall–Kier alpha value is -1.46. The second kappa shape index (κ2) is 7.20. The van der Waals surface area contributed by atoms with E-state index in [2.05, 4.69) is 4.90 Å². The molecule has 0 saturated carbocycles. The van der Waals surface area contributed by atoms with Gasteiger partial charge in [-0.1, -0.05) is 12.1 Å².